The molecule has 1 aliphatic rings. The van der Waals surface area contributed by atoms with Gasteiger partial charge in [0, 0.05) is 36.8 Å². The maximum absolute atomic E-state index is 12.4. The number of rotatable bonds is 6. The molecule has 1 aliphatic heterocycles. The van der Waals surface area contributed by atoms with E-state index in [2.05, 4.69) is 10.6 Å². The number of nitrogens with one attached hydrogen (secondary N) is 2. The second-order valence-electron chi connectivity index (χ2n) is 6.88. The molecule has 0 spiro atoms. The van der Waals surface area contributed by atoms with Crippen molar-refractivity contribution in [3.05, 3.63) is 64.1 Å². The molecule has 1 heterocycles. The summed E-state index contributed by atoms with van der Waals surface area (Å²) in [6.07, 6.45) is 0. The maximum Gasteiger partial charge on any atom is 0.251 e. The largest absolute Gasteiger partial charge is 0.343 e. The monoisotopic (exact) mass is 448 g/mol. The molecule has 2 N–H and O–H groups in total. The summed E-state index contributed by atoms with van der Waals surface area (Å²) in [6.45, 7) is 2.27. The maximum atomic E-state index is 12.4. The van der Waals surface area contributed by atoms with E-state index in [1.165, 1.54) is 0 Å². The number of carbonyl (C=O) groups is 3. The Labute approximate surface area is 184 Å². The Balaban J connectivity index is 1.40. The number of piperazine rings is 1. The smallest absolute Gasteiger partial charge is 0.251 e. The summed E-state index contributed by atoms with van der Waals surface area (Å²) in [4.78, 5) is 40.4. The Bertz CT molecular complexity index is 930. The Morgan fingerprint density at radius 2 is 1.67 bits per heavy atom. The number of para-hydroxylation sites is 1. The highest BCUT2D eigenvalue weighted by Gasteiger charge is 2.23. The van der Waals surface area contributed by atoms with E-state index in [-0.39, 0.29) is 30.8 Å². The summed E-state index contributed by atoms with van der Waals surface area (Å²) >= 11 is 11.9. The van der Waals surface area contributed by atoms with Crippen LogP contribution in [0.5, 0.6) is 0 Å². The van der Waals surface area contributed by atoms with Gasteiger partial charge in [-0.2, -0.15) is 0 Å². The first-order valence-electron chi connectivity index (χ1n) is 9.50. The van der Waals surface area contributed by atoms with Gasteiger partial charge < -0.3 is 15.5 Å². The quantitative estimate of drug-likeness (QED) is 0.710. The van der Waals surface area contributed by atoms with Crippen LogP contribution < -0.4 is 10.6 Å². The third-order valence-corrected chi connectivity index (χ3v) is 5.29. The third kappa shape index (κ3) is 6.19. The number of halogens is 2. The van der Waals surface area contributed by atoms with E-state index in [1.54, 1.807) is 53.4 Å². The molecule has 1 saturated heterocycles. The molecule has 0 radical (unpaired) electrons. The van der Waals surface area contributed by atoms with Gasteiger partial charge >= 0.3 is 0 Å². The topological polar surface area (TPSA) is 81.8 Å². The van der Waals surface area contributed by atoms with Crippen LogP contribution in [0.2, 0.25) is 10.0 Å². The van der Waals surface area contributed by atoms with E-state index in [0.29, 0.717) is 47.5 Å². The lowest BCUT2D eigenvalue weighted by Gasteiger charge is -2.34. The minimum absolute atomic E-state index is 0.0850. The summed E-state index contributed by atoms with van der Waals surface area (Å²) in [5, 5.41) is 6.36. The SMILES string of the molecule is O=C(CN1CCN(C(=O)CNC(=O)c2cccc(Cl)c2)CC1)Nc1ccccc1Cl. The van der Waals surface area contributed by atoms with Crippen LogP contribution >= 0.6 is 23.2 Å². The number of carbonyl (C=O) groups excluding carboxylic acids is 3. The molecule has 1 fully saturated rings. The molecule has 3 rings (SSSR count). The first kappa shape index (κ1) is 22.1. The Morgan fingerprint density at radius 3 is 2.37 bits per heavy atom. The standard InChI is InChI=1S/C21H22Cl2N4O3/c22-16-5-3-4-15(12-16)21(30)24-13-20(29)27-10-8-26(9-11-27)14-19(28)25-18-7-2-1-6-17(18)23/h1-7,12H,8-11,13-14H2,(H,24,30)(H,25,28). The number of hydrogen-bond acceptors (Lipinski definition) is 4. The second kappa shape index (κ2) is 10.4. The van der Waals surface area contributed by atoms with Gasteiger partial charge in [-0.15, -0.1) is 0 Å². The van der Waals surface area contributed by atoms with Crippen molar-refractivity contribution in [2.45, 2.75) is 0 Å². The summed E-state index contributed by atoms with van der Waals surface area (Å²) in [5.41, 5.74) is 0.984. The van der Waals surface area contributed by atoms with Gasteiger partial charge in [0.05, 0.1) is 23.8 Å². The van der Waals surface area contributed by atoms with Crippen molar-refractivity contribution in [3.8, 4) is 0 Å². The zero-order chi connectivity index (χ0) is 21.5. The van der Waals surface area contributed by atoms with Crippen molar-refractivity contribution in [3.63, 3.8) is 0 Å². The highest BCUT2D eigenvalue weighted by molar-refractivity contribution is 6.33. The molecule has 0 unspecified atom stereocenters. The molecule has 0 bridgehead atoms. The minimum Gasteiger partial charge on any atom is -0.343 e. The number of amides is 3. The summed E-state index contributed by atoms with van der Waals surface area (Å²) in [6, 6.07) is 13.6. The average Bonchev–Trinajstić information content (AvgIpc) is 2.74. The van der Waals surface area contributed by atoms with Crippen LogP contribution in [0.15, 0.2) is 48.5 Å². The fourth-order valence-electron chi connectivity index (χ4n) is 3.11. The first-order valence-corrected chi connectivity index (χ1v) is 10.3. The van der Waals surface area contributed by atoms with Crippen molar-refractivity contribution in [2.24, 2.45) is 0 Å². The lowest BCUT2D eigenvalue weighted by molar-refractivity contribution is -0.132. The van der Waals surface area contributed by atoms with Crippen LogP contribution in [-0.4, -0.2) is 66.8 Å². The second-order valence-corrected chi connectivity index (χ2v) is 7.72. The van der Waals surface area contributed by atoms with Crippen LogP contribution in [0.4, 0.5) is 5.69 Å². The molecule has 3 amide bonds. The molecule has 9 heteroatoms. The van der Waals surface area contributed by atoms with E-state index in [4.69, 9.17) is 23.2 Å². The van der Waals surface area contributed by atoms with Crippen LogP contribution in [0.25, 0.3) is 0 Å². The molecule has 0 saturated carbocycles. The van der Waals surface area contributed by atoms with Crippen molar-refractivity contribution in [1.82, 2.24) is 15.1 Å². The Morgan fingerprint density at radius 1 is 0.933 bits per heavy atom. The van der Waals surface area contributed by atoms with E-state index in [1.807, 2.05) is 4.90 Å². The predicted molar refractivity (Wildman–Crippen MR) is 117 cm³/mol. The zero-order valence-corrected chi connectivity index (χ0v) is 17.7. The Hall–Kier alpha value is -2.61. The first-order chi connectivity index (χ1) is 14.4. The average molecular weight is 449 g/mol. The minimum atomic E-state index is -0.347. The fourth-order valence-corrected chi connectivity index (χ4v) is 3.48. The highest BCUT2D eigenvalue weighted by atomic mass is 35.5. The molecule has 7 nitrogen and oxygen atoms in total. The van der Waals surface area contributed by atoms with Crippen molar-refractivity contribution < 1.29 is 14.4 Å². The summed E-state index contributed by atoms with van der Waals surface area (Å²) in [7, 11) is 0. The zero-order valence-electron chi connectivity index (χ0n) is 16.2. The molecular formula is C21H22Cl2N4O3. The molecule has 158 valence electrons. The van der Waals surface area contributed by atoms with Crippen LogP contribution in [0.1, 0.15) is 10.4 Å². The molecule has 0 atom stereocenters. The summed E-state index contributed by atoms with van der Waals surface area (Å²) in [5.74, 6) is -0.664. The van der Waals surface area contributed by atoms with Gasteiger partial charge in [-0.3, -0.25) is 19.3 Å². The molecule has 2 aromatic rings. The van der Waals surface area contributed by atoms with Gasteiger partial charge in [-0.25, -0.2) is 0 Å². The molecule has 0 aliphatic carbocycles. The predicted octanol–water partition coefficient (Wildman–Crippen LogP) is 2.51. The van der Waals surface area contributed by atoms with Gasteiger partial charge in [-0.1, -0.05) is 41.4 Å². The van der Waals surface area contributed by atoms with Crippen molar-refractivity contribution >= 4 is 46.6 Å². The van der Waals surface area contributed by atoms with Crippen molar-refractivity contribution in [2.75, 3.05) is 44.6 Å². The van der Waals surface area contributed by atoms with Gasteiger partial charge in [-0.05, 0) is 30.3 Å². The molecule has 30 heavy (non-hydrogen) atoms. The van der Waals surface area contributed by atoms with E-state index < -0.39 is 0 Å². The highest BCUT2D eigenvalue weighted by Crippen LogP contribution is 2.20. The molecule has 2 aromatic carbocycles. The number of benzene rings is 2. The molecular weight excluding hydrogens is 427 g/mol. The number of anilines is 1. The van der Waals surface area contributed by atoms with Gasteiger partial charge in [0.15, 0.2) is 0 Å². The fraction of sp³-hybridized carbons (Fsp3) is 0.286. The van der Waals surface area contributed by atoms with E-state index >= 15 is 0 Å². The van der Waals surface area contributed by atoms with E-state index in [9.17, 15) is 14.4 Å². The third-order valence-electron chi connectivity index (χ3n) is 4.73. The van der Waals surface area contributed by atoms with Crippen LogP contribution in [0.3, 0.4) is 0 Å². The summed E-state index contributed by atoms with van der Waals surface area (Å²) < 4.78 is 0. The van der Waals surface area contributed by atoms with Gasteiger partial charge in [0.25, 0.3) is 5.91 Å². The Kier molecular flexibility index (Phi) is 7.68. The van der Waals surface area contributed by atoms with Gasteiger partial charge in [0.2, 0.25) is 11.8 Å². The lowest BCUT2D eigenvalue weighted by atomic mass is 10.2. The normalized spacial score (nSPS) is 14.3. The number of nitrogens with zero attached hydrogens (tertiary/aromatic N) is 2. The lowest BCUT2D eigenvalue weighted by Crippen LogP contribution is -2.52. The number of hydrogen-bond donors (Lipinski definition) is 2. The van der Waals surface area contributed by atoms with Gasteiger partial charge in [0.1, 0.15) is 0 Å². The van der Waals surface area contributed by atoms with Crippen molar-refractivity contribution in [1.29, 1.82) is 0 Å². The van der Waals surface area contributed by atoms with Crippen LogP contribution in [-0.2, 0) is 9.59 Å². The van der Waals surface area contributed by atoms with E-state index in [0.717, 1.165) is 0 Å². The molecule has 0 aromatic heterocycles. The van der Waals surface area contributed by atoms with Crippen LogP contribution in [0, 0.1) is 0 Å².